The van der Waals surface area contributed by atoms with Crippen LogP contribution in [0, 0.1) is 0 Å². The van der Waals surface area contributed by atoms with Crippen LogP contribution in [0.3, 0.4) is 0 Å². The first-order chi connectivity index (χ1) is 20.2. The maximum atomic E-state index is 13.4. The SMILES string of the molecule is O=C(CN1C(=O)c2cccc3cccc(c23)C1=O)NC(Cc1ccccc1)C(=O)NC(Cc1ccc(O)cc1)C(=O)O. The van der Waals surface area contributed by atoms with Gasteiger partial charge in [0.2, 0.25) is 11.8 Å². The van der Waals surface area contributed by atoms with E-state index >= 15 is 0 Å². The number of carbonyl (C=O) groups excluding carboxylic acids is 4. The second kappa shape index (κ2) is 11.9. The van der Waals surface area contributed by atoms with Crippen molar-refractivity contribution in [1.29, 1.82) is 0 Å². The summed E-state index contributed by atoms with van der Waals surface area (Å²) in [6.45, 7) is -0.628. The van der Waals surface area contributed by atoms with Crippen LogP contribution in [-0.2, 0) is 27.2 Å². The zero-order chi connectivity index (χ0) is 29.8. The van der Waals surface area contributed by atoms with Crippen molar-refractivity contribution < 1.29 is 34.2 Å². The minimum atomic E-state index is -1.32. The van der Waals surface area contributed by atoms with Gasteiger partial charge in [-0.2, -0.15) is 0 Å². The highest BCUT2D eigenvalue weighted by molar-refractivity contribution is 6.26. The maximum absolute atomic E-state index is 13.4. The van der Waals surface area contributed by atoms with Gasteiger partial charge in [0, 0.05) is 29.4 Å². The predicted molar refractivity (Wildman–Crippen MR) is 153 cm³/mol. The van der Waals surface area contributed by atoms with Gasteiger partial charge < -0.3 is 20.8 Å². The molecule has 10 heteroatoms. The highest BCUT2D eigenvalue weighted by atomic mass is 16.4. The van der Waals surface area contributed by atoms with E-state index in [2.05, 4.69) is 10.6 Å². The Bertz CT molecular complexity index is 1640. The molecule has 0 bridgehead atoms. The largest absolute Gasteiger partial charge is 0.508 e. The molecule has 4 N–H and O–H groups in total. The van der Waals surface area contributed by atoms with Crippen molar-refractivity contribution in [2.45, 2.75) is 24.9 Å². The minimum Gasteiger partial charge on any atom is -0.508 e. The predicted octanol–water partition coefficient (Wildman–Crippen LogP) is 2.68. The first kappa shape index (κ1) is 28.0. The summed E-state index contributed by atoms with van der Waals surface area (Å²) < 4.78 is 0. The fourth-order valence-electron chi connectivity index (χ4n) is 5.01. The number of rotatable bonds is 10. The van der Waals surface area contributed by atoms with Crippen LogP contribution < -0.4 is 10.6 Å². The molecule has 0 aliphatic carbocycles. The number of imide groups is 1. The van der Waals surface area contributed by atoms with Crippen LogP contribution in [0.15, 0.2) is 91.0 Å². The van der Waals surface area contributed by atoms with Gasteiger partial charge in [0.15, 0.2) is 0 Å². The van der Waals surface area contributed by atoms with Gasteiger partial charge in [-0.05, 0) is 40.8 Å². The number of carbonyl (C=O) groups is 5. The number of carboxylic acids is 1. The van der Waals surface area contributed by atoms with Crippen molar-refractivity contribution in [3.8, 4) is 5.75 Å². The number of hydrogen-bond acceptors (Lipinski definition) is 6. The number of hydrogen-bond donors (Lipinski definition) is 4. The summed E-state index contributed by atoms with van der Waals surface area (Å²) in [6.07, 6.45) is -0.0247. The number of phenolic OH excluding ortho intramolecular Hbond substituents is 1. The lowest BCUT2D eigenvalue weighted by Gasteiger charge is -2.27. The van der Waals surface area contributed by atoms with Gasteiger partial charge in [0.1, 0.15) is 24.4 Å². The lowest BCUT2D eigenvalue weighted by molar-refractivity contribution is -0.142. The molecule has 4 aromatic rings. The number of benzene rings is 4. The van der Waals surface area contributed by atoms with Crippen LogP contribution in [0.1, 0.15) is 31.8 Å². The molecule has 1 aliphatic heterocycles. The molecule has 0 spiro atoms. The molecule has 0 aromatic heterocycles. The lowest BCUT2D eigenvalue weighted by Crippen LogP contribution is -2.55. The van der Waals surface area contributed by atoms with Crippen molar-refractivity contribution in [1.82, 2.24) is 15.5 Å². The third-order valence-electron chi connectivity index (χ3n) is 7.08. The molecule has 4 aromatic carbocycles. The Kier molecular flexibility index (Phi) is 7.96. The number of nitrogens with one attached hydrogen (secondary N) is 2. The van der Waals surface area contributed by atoms with Crippen LogP contribution in [0.25, 0.3) is 10.8 Å². The molecule has 2 atom stereocenters. The van der Waals surface area contributed by atoms with Gasteiger partial charge in [-0.15, -0.1) is 0 Å². The van der Waals surface area contributed by atoms with E-state index in [9.17, 15) is 34.2 Å². The van der Waals surface area contributed by atoms with Crippen LogP contribution >= 0.6 is 0 Å². The molecule has 42 heavy (non-hydrogen) atoms. The molecular formula is C32H27N3O7. The molecular weight excluding hydrogens is 538 g/mol. The van der Waals surface area contributed by atoms with E-state index in [1.165, 1.54) is 12.1 Å². The highest BCUT2D eigenvalue weighted by Crippen LogP contribution is 2.29. The molecule has 5 rings (SSSR count). The lowest BCUT2D eigenvalue weighted by atomic mass is 9.94. The Labute approximate surface area is 240 Å². The van der Waals surface area contributed by atoms with Crippen molar-refractivity contribution in [2.75, 3.05) is 6.54 Å². The molecule has 2 unspecified atom stereocenters. The summed E-state index contributed by atoms with van der Waals surface area (Å²) in [5.41, 5.74) is 1.87. The van der Waals surface area contributed by atoms with Crippen molar-refractivity contribution in [2.24, 2.45) is 0 Å². The van der Waals surface area contributed by atoms with Crippen molar-refractivity contribution >= 4 is 40.4 Å². The number of aromatic hydroxyl groups is 1. The summed E-state index contributed by atoms with van der Waals surface area (Å²) in [5.74, 6) is -4.01. The Morgan fingerprint density at radius 3 is 1.86 bits per heavy atom. The van der Waals surface area contributed by atoms with E-state index in [1.54, 1.807) is 78.9 Å². The summed E-state index contributed by atoms with van der Waals surface area (Å²) in [5, 5.41) is 25.6. The Balaban J connectivity index is 1.34. The van der Waals surface area contributed by atoms with E-state index in [-0.39, 0.29) is 18.6 Å². The number of carboxylic acid groups (broad SMARTS) is 1. The third kappa shape index (κ3) is 5.97. The Morgan fingerprint density at radius 1 is 0.690 bits per heavy atom. The van der Waals surface area contributed by atoms with E-state index in [4.69, 9.17) is 0 Å². The smallest absolute Gasteiger partial charge is 0.326 e. The topological polar surface area (TPSA) is 153 Å². The average molecular weight is 566 g/mol. The second-order valence-electron chi connectivity index (χ2n) is 9.99. The molecule has 1 aliphatic rings. The van der Waals surface area contributed by atoms with E-state index < -0.39 is 48.2 Å². The Hall–Kier alpha value is -5.51. The third-order valence-corrected chi connectivity index (χ3v) is 7.08. The Morgan fingerprint density at radius 2 is 1.26 bits per heavy atom. The molecule has 212 valence electrons. The van der Waals surface area contributed by atoms with Crippen LogP contribution in [0.2, 0.25) is 0 Å². The van der Waals surface area contributed by atoms with Gasteiger partial charge in [-0.25, -0.2) is 4.79 Å². The number of phenols is 1. The fourth-order valence-corrected chi connectivity index (χ4v) is 5.01. The highest BCUT2D eigenvalue weighted by Gasteiger charge is 2.35. The molecule has 0 saturated carbocycles. The summed E-state index contributed by atoms with van der Waals surface area (Å²) in [6, 6.07) is 22.4. The van der Waals surface area contributed by atoms with Crippen LogP contribution in [0.5, 0.6) is 5.75 Å². The van der Waals surface area contributed by atoms with Gasteiger partial charge in [0.05, 0.1) is 0 Å². The number of nitrogens with zero attached hydrogens (tertiary/aromatic N) is 1. The molecule has 0 saturated heterocycles. The normalized spacial score (nSPS) is 13.9. The zero-order valence-electron chi connectivity index (χ0n) is 22.3. The second-order valence-corrected chi connectivity index (χ2v) is 9.99. The minimum absolute atomic E-state index is 0.0196. The molecule has 10 nitrogen and oxygen atoms in total. The molecule has 0 radical (unpaired) electrons. The fraction of sp³-hybridized carbons (Fsp3) is 0.156. The molecule has 1 heterocycles. The quantitative estimate of drug-likeness (QED) is 0.216. The van der Waals surface area contributed by atoms with E-state index in [1.807, 2.05) is 0 Å². The van der Waals surface area contributed by atoms with Gasteiger partial charge >= 0.3 is 5.97 Å². The van der Waals surface area contributed by atoms with Gasteiger partial charge in [-0.3, -0.25) is 24.1 Å². The summed E-state index contributed by atoms with van der Waals surface area (Å²) >= 11 is 0. The standard InChI is InChI=1S/C32H27N3O7/c36-22-14-12-20(13-15-22)17-26(32(41)42)34-29(38)25(16-19-6-2-1-3-7-19)33-27(37)18-35-30(39)23-10-4-8-21-9-5-11-24(28(21)23)31(35)40/h1-15,25-26,36H,16-18H2,(H,33,37)(H,34,38)(H,41,42). The van der Waals surface area contributed by atoms with Crippen LogP contribution in [-0.4, -0.2) is 63.3 Å². The van der Waals surface area contributed by atoms with E-state index in [0.29, 0.717) is 27.6 Å². The van der Waals surface area contributed by atoms with E-state index in [0.717, 1.165) is 10.3 Å². The van der Waals surface area contributed by atoms with Gasteiger partial charge in [0.25, 0.3) is 11.8 Å². The van der Waals surface area contributed by atoms with Gasteiger partial charge in [-0.1, -0.05) is 66.7 Å². The number of amides is 4. The summed E-state index contributed by atoms with van der Waals surface area (Å²) in [7, 11) is 0. The zero-order valence-corrected chi connectivity index (χ0v) is 22.3. The average Bonchev–Trinajstić information content (AvgIpc) is 2.98. The summed E-state index contributed by atoms with van der Waals surface area (Å²) in [4.78, 5) is 65.9. The number of aliphatic carboxylic acids is 1. The molecule has 0 fully saturated rings. The first-order valence-corrected chi connectivity index (χ1v) is 13.2. The molecule has 4 amide bonds. The maximum Gasteiger partial charge on any atom is 0.326 e. The monoisotopic (exact) mass is 565 g/mol. The van der Waals surface area contributed by atoms with Crippen molar-refractivity contribution in [3.05, 3.63) is 113 Å². The first-order valence-electron chi connectivity index (χ1n) is 13.2. The van der Waals surface area contributed by atoms with Crippen LogP contribution in [0.4, 0.5) is 0 Å². The van der Waals surface area contributed by atoms with Crippen molar-refractivity contribution in [3.63, 3.8) is 0 Å².